The van der Waals surface area contributed by atoms with Gasteiger partial charge in [0.2, 0.25) is 0 Å². The summed E-state index contributed by atoms with van der Waals surface area (Å²) in [5.74, 6) is -0.993. The molecule has 0 amide bonds. The van der Waals surface area contributed by atoms with Crippen molar-refractivity contribution in [2.45, 2.75) is 19.9 Å². The van der Waals surface area contributed by atoms with Crippen molar-refractivity contribution in [3.05, 3.63) is 35.4 Å². The van der Waals surface area contributed by atoms with E-state index in [1.807, 2.05) is 11.8 Å². The summed E-state index contributed by atoms with van der Waals surface area (Å²) < 4.78 is 26.1. The summed E-state index contributed by atoms with van der Waals surface area (Å²) >= 11 is 0. The minimum Gasteiger partial charge on any atom is -0.388 e. The lowest BCUT2D eigenvalue weighted by Gasteiger charge is -2.20. The second-order valence-corrected chi connectivity index (χ2v) is 3.88. The summed E-state index contributed by atoms with van der Waals surface area (Å²) in [6.07, 6.45) is 0.455. The van der Waals surface area contributed by atoms with Gasteiger partial charge in [-0.25, -0.2) is 8.78 Å². The van der Waals surface area contributed by atoms with E-state index in [0.29, 0.717) is 25.1 Å². The Morgan fingerprint density at radius 2 is 2.12 bits per heavy atom. The Labute approximate surface area is 99.7 Å². The standard InChI is InChI=1S/C12H17F2N3/c1-2-17(6-5-12(15)16)8-9-3-4-10(13)7-11(9)14/h3-4,7H,2,5-6,8H2,1H3,(H3,15,16). The van der Waals surface area contributed by atoms with Crippen molar-refractivity contribution in [2.24, 2.45) is 5.73 Å². The molecule has 0 aliphatic heterocycles. The molecule has 3 N–H and O–H groups in total. The van der Waals surface area contributed by atoms with Crippen LogP contribution < -0.4 is 5.73 Å². The van der Waals surface area contributed by atoms with Gasteiger partial charge < -0.3 is 5.73 Å². The van der Waals surface area contributed by atoms with E-state index in [1.165, 1.54) is 12.1 Å². The van der Waals surface area contributed by atoms with Crippen LogP contribution in [0.3, 0.4) is 0 Å². The molecular weight excluding hydrogens is 224 g/mol. The molecule has 0 saturated heterocycles. The highest BCUT2D eigenvalue weighted by atomic mass is 19.1. The summed E-state index contributed by atoms with van der Waals surface area (Å²) in [6.45, 7) is 3.67. The topological polar surface area (TPSA) is 53.1 Å². The van der Waals surface area contributed by atoms with Crippen LogP contribution in [0.1, 0.15) is 18.9 Å². The summed E-state index contributed by atoms with van der Waals surface area (Å²) in [5, 5.41) is 7.14. The number of nitrogens with two attached hydrogens (primary N) is 1. The van der Waals surface area contributed by atoms with Gasteiger partial charge in [0.15, 0.2) is 0 Å². The average molecular weight is 241 g/mol. The van der Waals surface area contributed by atoms with E-state index in [-0.39, 0.29) is 5.84 Å². The predicted molar refractivity (Wildman–Crippen MR) is 63.8 cm³/mol. The lowest BCUT2D eigenvalue weighted by Crippen LogP contribution is -2.27. The van der Waals surface area contributed by atoms with Gasteiger partial charge >= 0.3 is 0 Å². The van der Waals surface area contributed by atoms with Crippen LogP contribution >= 0.6 is 0 Å². The molecule has 0 saturated carbocycles. The predicted octanol–water partition coefficient (Wildman–Crippen LogP) is 2.11. The summed E-state index contributed by atoms with van der Waals surface area (Å²) in [6, 6.07) is 3.58. The van der Waals surface area contributed by atoms with E-state index in [2.05, 4.69) is 0 Å². The van der Waals surface area contributed by atoms with Gasteiger partial charge in [-0.2, -0.15) is 0 Å². The quantitative estimate of drug-likeness (QED) is 0.592. The number of hydrogen-bond donors (Lipinski definition) is 2. The third-order valence-corrected chi connectivity index (χ3v) is 2.55. The number of amidine groups is 1. The fourth-order valence-corrected chi connectivity index (χ4v) is 1.52. The van der Waals surface area contributed by atoms with E-state index >= 15 is 0 Å². The molecule has 5 heteroatoms. The largest absolute Gasteiger partial charge is 0.388 e. The molecule has 0 heterocycles. The lowest BCUT2D eigenvalue weighted by atomic mass is 10.2. The van der Waals surface area contributed by atoms with Crippen LogP contribution in [0.5, 0.6) is 0 Å². The smallest absolute Gasteiger partial charge is 0.130 e. The van der Waals surface area contributed by atoms with Crippen molar-refractivity contribution >= 4 is 5.84 Å². The van der Waals surface area contributed by atoms with Crippen LogP contribution in [0.15, 0.2) is 18.2 Å². The number of halogens is 2. The number of nitrogens with one attached hydrogen (secondary N) is 1. The Kier molecular flexibility index (Phi) is 5.03. The van der Waals surface area contributed by atoms with Gasteiger partial charge in [-0.15, -0.1) is 0 Å². The Morgan fingerprint density at radius 3 is 2.65 bits per heavy atom. The summed E-state index contributed by atoms with van der Waals surface area (Å²) in [5.41, 5.74) is 5.73. The Morgan fingerprint density at radius 1 is 1.41 bits per heavy atom. The molecule has 0 unspecified atom stereocenters. The molecule has 1 aromatic carbocycles. The Balaban J connectivity index is 2.63. The van der Waals surface area contributed by atoms with Crippen molar-refractivity contribution in [1.82, 2.24) is 4.90 Å². The van der Waals surface area contributed by atoms with Gasteiger partial charge in [0.25, 0.3) is 0 Å². The van der Waals surface area contributed by atoms with Gasteiger partial charge in [-0.3, -0.25) is 10.3 Å². The highest BCUT2D eigenvalue weighted by Crippen LogP contribution is 2.12. The van der Waals surface area contributed by atoms with Crippen molar-refractivity contribution in [3.8, 4) is 0 Å². The normalized spacial score (nSPS) is 10.8. The second kappa shape index (κ2) is 6.30. The zero-order valence-electron chi connectivity index (χ0n) is 9.84. The third-order valence-electron chi connectivity index (χ3n) is 2.55. The Bertz CT molecular complexity index is 393. The van der Waals surface area contributed by atoms with Gasteiger partial charge in [-0.1, -0.05) is 13.0 Å². The lowest BCUT2D eigenvalue weighted by molar-refractivity contribution is 0.283. The molecule has 1 aromatic rings. The maximum absolute atomic E-state index is 13.4. The summed E-state index contributed by atoms with van der Waals surface area (Å²) in [7, 11) is 0. The van der Waals surface area contributed by atoms with Crippen LogP contribution in [0.4, 0.5) is 8.78 Å². The highest BCUT2D eigenvalue weighted by molar-refractivity contribution is 5.76. The third kappa shape index (κ3) is 4.48. The first-order valence-corrected chi connectivity index (χ1v) is 5.52. The van der Waals surface area contributed by atoms with Gasteiger partial charge in [0.05, 0.1) is 5.84 Å². The maximum Gasteiger partial charge on any atom is 0.130 e. The van der Waals surface area contributed by atoms with Crippen LogP contribution in [-0.4, -0.2) is 23.8 Å². The van der Waals surface area contributed by atoms with E-state index in [1.54, 1.807) is 0 Å². The molecule has 0 aliphatic carbocycles. The minimum absolute atomic E-state index is 0.114. The van der Waals surface area contributed by atoms with E-state index < -0.39 is 11.6 Å². The van der Waals surface area contributed by atoms with E-state index in [9.17, 15) is 8.78 Å². The number of benzene rings is 1. The average Bonchev–Trinajstić information content (AvgIpc) is 2.26. The van der Waals surface area contributed by atoms with Gasteiger partial charge in [-0.05, 0) is 12.6 Å². The Hall–Kier alpha value is -1.49. The molecule has 1 rings (SSSR count). The van der Waals surface area contributed by atoms with Crippen LogP contribution in [0.2, 0.25) is 0 Å². The second-order valence-electron chi connectivity index (χ2n) is 3.88. The molecule has 94 valence electrons. The number of hydrogen-bond acceptors (Lipinski definition) is 2. The van der Waals surface area contributed by atoms with Crippen molar-refractivity contribution in [1.29, 1.82) is 5.41 Å². The van der Waals surface area contributed by atoms with Crippen molar-refractivity contribution in [3.63, 3.8) is 0 Å². The molecule has 0 spiro atoms. The van der Waals surface area contributed by atoms with Crippen LogP contribution in [-0.2, 0) is 6.54 Å². The first kappa shape index (κ1) is 13.6. The SMILES string of the molecule is CCN(CCC(=N)N)Cc1ccc(F)cc1F. The van der Waals surface area contributed by atoms with E-state index in [0.717, 1.165) is 12.6 Å². The molecule has 0 aromatic heterocycles. The van der Waals surface area contributed by atoms with Crippen molar-refractivity contribution < 1.29 is 8.78 Å². The minimum atomic E-state index is -0.571. The van der Waals surface area contributed by atoms with E-state index in [4.69, 9.17) is 11.1 Å². The van der Waals surface area contributed by atoms with Crippen molar-refractivity contribution in [2.75, 3.05) is 13.1 Å². The van der Waals surface area contributed by atoms with Crippen LogP contribution in [0, 0.1) is 17.0 Å². The number of nitrogens with zero attached hydrogens (tertiary/aromatic N) is 1. The zero-order valence-corrected chi connectivity index (χ0v) is 9.84. The van der Waals surface area contributed by atoms with Crippen LogP contribution in [0.25, 0.3) is 0 Å². The first-order chi connectivity index (χ1) is 8.02. The van der Waals surface area contributed by atoms with Gasteiger partial charge in [0.1, 0.15) is 11.6 Å². The molecule has 3 nitrogen and oxygen atoms in total. The monoisotopic (exact) mass is 241 g/mol. The molecule has 0 fully saturated rings. The first-order valence-electron chi connectivity index (χ1n) is 5.52. The molecule has 0 atom stereocenters. The molecule has 0 bridgehead atoms. The molecule has 0 aliphatic rings. The molecule has 0 radical (unpaired) electrons. The molecular formula is C12H17F2N3. The number of rotatable bonds is 6. The highest BCUT2D eigenvalue weighted by Gasteiger charge is 2.09. The maximum atomic E-state index is 13.4. The summed E-state index contributed by atoms with van der Waals surface area (Å²) in [4.78, 5) is 1.96. The fourth-order valence-electron chi connectivity index (χ4n) is 1.52. The van der Waals surface area contributed by atoms with Gasteiger partial charge in [0, 0.05) is 31.1 Å². The fraction of sp³-hybridized carbons (Fsp3) is 0.417. The zero-order chi connectivity index (χ0) is 12.8. The molecule has 17 heavy (non-hydrogen) atoms.